The van der Waals surface area contributed by atoms with Crippen LogP contribution in [-0.2, 0) is 9.47 Å². The number of fused-ring (bicyclic) bond motifs is 1. The second-order valence-electron chi connectivity index (χ2n) is 5.70. The number of amidine groups is 1. The first kappa shape index (κ1) is 18.8. The Hall–Kier alpha value is -0.550. The third-order valence-electron chi connectivity index (χ3n) is 3.59. The van der Waals surface area contributed by atoms with Gasteiger partial charge in [0.1, 0.15) is 29.8 Å². The smallest absolute Gasteiger partial charge is 0.388 e. The normalized spacial score (nSPS) is 35.7. The molecule has 2 heterocycles. The van der Waals surface area contributed by atoms with Crippen molar-refractivity contribution in [2.24, 2.45) is 4.99 Å². The first-order chi connectivity index (χ1) is 10.7. The molecule has 1 fully saturated rings. The minimum absolute atomic E-state index is 0.118. The van der Waals surface area contributed by atoms with E-state index in [2.05, 4.69) is 4.99 Å². The van der Waals surface area contributed by atoms with Crippen molar-refractivity contribution < 1.29 is 32.9 Å². The molecule has 2 rings (SSSR count). The van der Waals surface area contributed by atoms with Crippen molar-refractivity contribution in [3.05, 3.63) is 0 Å². The van der Waals surface area contributed by atoms with Crippen LogP contribution in [0, 0.1) is 0 Å². The third-order valence-corrected chi connectivity index (χ3v) is 4.90. The number of halogens is 3. The summed E-state index contributed by atoms with van der Waals surface area (Å²) in [7, 11) is 3.46. The van der Waals surface area contributed by atoms with Crippen LogP contribution < -0.4 is 0 Å². The second-order valence-corrected chi connectivity index (χ2v) is 6.76. The fourth-order valence-electron chi connectivity index (χ4n) is 2.46. The third kappa shape index (κ3) is 3.93. The van der Waals surface area contributed by atoms with Crippen molar-refractivity contribution in [2.75, 3.05) is 20.7 Å². The van der Waals surface area contributed by atoms with E-state index in [1.165, 1.54) is 0 Å². The molecule has 2 N–H and O–H groups in total. The van der Waals surface area contributed by atoms with Gasteiger partial charge in [0.15, 0.2) is 11.3 Å². The summed E-state index contributed by atoms with van der Waals surface area (Å²) >= 11 is 1.12. The number of aliphatic imine (C=N–C) groups is 1. The molecule has 0 saturated carbocycles. The molecular formula is C13H21F3N2O4S. The minimum Gasteiger partial charge on any atom is -0.388 e. The molecule has 0 aromatic heterocycles. The highest BCUT2D eigenvalue weighted by molar-refractivity contribution is 8.14. The SMILES string of the molecule is CCCO[C@@H]([C@H]1O[C@@H]2SC(N(C)C)=N[C@@H]2[C@@H](O)[C@@H]1O)C(F)(F)F. The lowest BCUT2D eigenvalue weighted by molar-refractivity contribution is -0.284. The largest absolute Gasteiger partial charge is 0.417 e. The fourth-order valence-corrected chi connectivity index (χ4v) is 3.61. The first-order valence-corrected chi connectivity index (χ1v) is 8.16. The van der Waals surface area contributed by atoms with Crippen molar-refractivity contribution >= 4 is 16.9 Å². The summed E-state index contributed by atoms with van der Waals surface area (Å²) in [5, 5.41) is 20.8. The van der Waals surface area contributed by atoms with Gasteiger partial charge in [-0.05, 0) is 6.42 Å². The number of rotatable bonds is 4. The van der Waals surface area contributed by atoms with E-state index in [-0.39, 0.29) is 6.61 Å². The van der Waals surface area contributed by atoms with Gasteiger partial charge in [-0.3, -0.25) is 4.99 Å². The number of aliphatic hydroxyl groups excluding tert-OH is 2. The van der Waals surface area contributed by atoms with Crippen LogP contribution in [0.3, 0.4) is 0 Å². The fraction of sp³-hybridized carbons (Fsp3) is 0.923. The number of hydrogen-bond donors (Lipinski definition) is 2. The zero-order chi connectivity index (χ0) is 17.4. The maximum Gasteiger partial charge on any atom is 0.417 e. The van der Waals surface area contributed by atoms with Gasteiger partial charge in [0.25, 0.3) is 0 Å². The molecule has 2 aliphatic rings. The van der Waals surface area contributed by atoms with Crippen LogP contribution in [0.2, 0.25) is 0 Å². The summed E-state index contributed by atoms with van der Waals surface area (Å²) in [6.07, 6.45) is -11.5. The molecule has 0 bridgehead atoms. The molecule has 0 aromatic carbocycles. The van der Waals surface area contributed by atoms with Crippen LogP contribution in [-0.4, -0.2) is 83.1 Å². The lowest BCUT2D eigenvalue weighted by Crippen LogP contribution is -2.61. The Kier molecular flexibility index (Phi) is 5.83. The Morgan fingerprint density at radius 3 is 2.52 bits per heavy atom. The van der Waals surface area contributed by atoms with Crippen LogP contribution in [0.5, 0.6) is 0 Å². The van der Waals surface area contributed by atoms with Gasteiger partial charge in [0, 0.05) is 20.7 Å². The molecule has 6 nitrogen and oxygen atoms in total. The van der Waals surface area contributed by atoms with Gasteiger partial charge in [-0.15, -0.1) is 0 Å². The minimum atomic E-state index is -4.71. The monoisotopic (exact) mass is 358 g/mol. The van der Waals surface area contributed by atoms with Gasteiger partial charge in [0.05, 0.1) is 0 Å². The molecule has 0 aliphatic carbocycles. The molecule has 0 spiro atoms. The molecule has 0 aromatic rings. The van der Waals surface area contributed by atoms with Crippen molar-refractivity contribution in [3.63, 3.8) is 0 Å². The Balaban J connectivity index is 2.18. The Labute approximate surface area is 136 Å². The number of thioether (sulfide) groups is 1. The summed E-state index contributed by atoms with van der Waals surface area (Å²) in [5.74, 6) is 0. The van der Waals surface area contributed by atoms with E-state index in [4.69, 9.17) is 9.47 Å². The highest BCUT2D eigenvalue weighted by Crippen LogP contribution is 2.40. The lowest BCUT2D eigenvalue weighted by Gasteiger charge is -2.41. The van der Waals surface area contributed by atoms with E-state index in [0.29, 0.717) is 11.6 Å². The van der Waals surface area contributed by atoms with Crippen molar-refractivity contribution in [1.29, 1.82) is 0 Å². The standard InChI is InChI=1S/C13H21F3N2O4S/c1-4-5-21-10(13(14,15)16)9-8(20)7(19)6-11(22-9)23-12(17-6)18(2)3/h6-11,19-20H,4-5H2,1-3H3/t6-,7-,8+,9+,10+,11-/m1/s1. The topological polar surface area (TPSA) is 74.5 Å². The highest BCUT2D eigenvalue weighted by atomic mass is 32.2. The van der Waals surface area contributed by atoms with Gasteiger partial charge < -0.3 is 24.6 Å². The quantitative estimate of drug-likeness (QED) is 0.775. The van der Waals surface area contributed by atoms with Crippen molar-refractivity contribution in [2.45, 2.75) is 55.4 Å². The molecule has 134 valence electrons. The van der Waals surface area contributed by atoms with E-state index in [1.54, 1.807) is 25.9 Å². The van der Waals surface area contributed by atoms with Gasteiger partial charge in [-0.1, -0.05) is 18.7 Å². The summed E-state index contributed by atoms with van der Waals surface area (Å²) in [4.78, 5) is 5.88. The number of nitrogens with zero attached hydrogens (tertiary/aromatic N) is 2. The molecule has 0 unspecified atom stereocenters. The number of alkyl halides is 3. The maximum atomic E-state index is 13.2. The predicted molar refractivity (Wildman–Crippen MR) is 79.3 cm³/mol. The van der Waals surface area contributed by atoms with Crippen molar-refractivity contribution in [3.8, 4) is 0 Å². The molecule has 10 heteroatoms. The average molecular weight is 358 g/mol. The first-order valence-electron chi connectivity index (χ1n) is 7.28. The average Bonchev–Trinajstić information content (AvgIpc) is 2.87. The van der Waals surface area contributed by atoms with Gasteiger partial charge >= 0.3 is 6.18 Å². The van der Waals surface area contributed by atoms with Gasteiger partial charge in [-0.25, -0.2) is 0 Å². The zero-order valence-electron chi connectivity index (χ0n) is 13.0. The van der Waals surface area contributed by atoms with Crippen LogP contribution in [0.15, 0.2) is 4.99 Å². The van der Waals surface area contributed by atoms with E-state index < -0.39 is 42.1 Å². The molecule has 6 atom stereocenters. The maximum absolute atomic E-state index is 13.2. The summed E-state index contributed by atoms with van der Waals surface area (Å²) in [6.45, 7) is 1.56. The van der Waals surface area contributed by atoms with E-state index in [0.717, 1.165) is 11.8 Å². The molecule has 0 radical (unpaired) electrons. The zero-order valence-corrected chi connectivity index (χ0v) is 13.8. The molecule has 23 heavy (non-hydrogen) atoms. The predicted octanol–water partition coefficient (Wildman–Crippen LogP) is 0.824. The molecule has 0 amide bonds. The molecule has 2 aliphatic heterocycles. The molecule has 1 saturated heterocycles. The number of ether oxygens (including phenoxy) is 2. The van der Waals surface area contributed by atoms with Gasteiger partial charge in [-0.2, -0.15) is 13.2 Å². The van der Waals surface area contributed by atoms with Gasteiger partial charge in [0.2, 0.25) is 0 Å². The number of aliphatic hydroxyl groups is 2. The van der Waals surface area contributed by atoms with Crippen LogP contribution in [0.4, 0.5) is 13.2 Å². The highest BCUT2D eigenvalue weighted by Gasteiger charge is 2.57. The van der Waals surface area contributed by atoms with E-state index in [1.807, 2.05) is 0 Å². The Morgan fingerprint density at radius 1 is 1.35 bits per heavy atom. The second kappa shape index (κ2) is 7.14. The molecular weight excluding hydrogens is 337 g/mol. The van der Waals surface area contributed by atoms with Crippen LogP contribution in [0.1, 0.15) is 13.3 Å². The van der Waals surface area contributed by atoms with E-state index in [9.17, 15) is 23.4 Å². The summed E-state index contributed by atoms with van der Waals surface area (Å²) < 4.78 is 50.0. The summed E-state index contributed by atoms with van der Waals surface area (Å²) in [5.41, 5.74) is -0.786. The van der Waals surface area contributed by atoms with E-state index >= 15 is 0 Å². The Morgan fingerprint density at radius 2 is 2.00 bits per heavy atom. The van der Waals surface area contributed by atoms with Crippen molar-refractivity contribution in [1.82, 2.24) is 4.90 Å². The van der Waals surface area contributed by atoms with Crippen LogP contribution in [0.25, 0.3) is 0 Å². The number of hydrogen-bond acceptors (Lipinski definition) is 7. The lowest BCUT2D eigenvalue weighted by atomic mass is 9.94. The Bertz CT molecular complexity index is 449. The van der Waals surface area contributed by atoms with Crippen LogP contribution >= 0.6 is 11.8 Å². The summed E-state index contributed by atoms with van der Waals surface area (Å²) in [6, 6.07) is -0.802.